The topological polar surface area (TPSA) is 56.3 Å². The maximum atomic E-state index is 13.5. The average Bonchev–Trinajstić information content (AvgIpc) is 2.97. The highest BCUT2D eigenvalue weighted by Gasteiger charge is 2.25. The number of nitrogens with zero attached hydrogens (tertiary/aromatic N) is 1. The molecule has 1 atom stereocenters. The minimum atomic E-state index is -0.400. The molecule has 0 spiro atoms. The van der Waals surface area contributed by atoms with Gasteiger partial charge in [-0.1, -0.05) is 13.0 Å². The fourth-order valence-corrected chi connectivity index (χ4v) is 3.41. The van der Waals surface area contributed by atoms with Gasteiger partial charge >= 0.3 is 0 Å². The van der Waals surface area contributed by atoms with Gasteiger partial charge in [0, 0.05) is 18.3 Å². The molecular formula is C17H21FN2O2. The number of hydrogen-bond donors (Lipinski definition) is 2. The lowest BCUT2D eigenvalue weighted by atomic mass is 10.0. The van der Waals surface area contributed by atoms with E-state index in [9.17, 15) is 14.3 Å². The molecule has 0 radical (unpaired) electrons. The van der Waals surface area contributed by atoms with Gasteiger partial charge in [-0.15, -0.1) is 0 Å². The minimum absolute atomic E-state index is 0.150. The van der Waals surface area contributed by atoms with Crippen molar-refractivity contribution in [3.8, 4) is 0 Å². The van der Waals surface area contributed by atoms with Crippen molar-refractivity contribution in [2.24, 2.45) is 0 Å². The largest absolute Gasteiger partial charge is 0.395 e. The van der Waals surface area contributed by atoms with E-state index < -0.39 is 5.82 Å². The van der Waals surface area contributed by atoms with Crippen LogP contribution in [0.15, 0.2) is 23.0 Å². The van der Waals surface area contributed by atoms with Crippen molar-refractivity contribution in [3.63, 3.8) is 0 Å². The maximum absolute atomic E-state index is 13.5. The van der Waals surface area contributed by atoms with Crippen LogP contribution in [-0.4, -0.2) is 34.2 Å². The molecule has 2 heterocycles. The summed E-state index contributed by atoms with van der Waals surface area (Å²) >= 11 is 0. The number of benzene rings is 1. The number of likely N-dealkylation sites (tertiary alicyclic amines) is 1. The molecule has 2 aromatic rings. The summed E-state index contributed by atoms with van der Waals surface area (Å²) in [6.45, 7) is 3.76. The van der Waals surface area contributed by atoms with Crippen molar-refractivity contribution in [2.45, 2.75) is 38.8 Å². The Morgan fingerprint density at radius 2 is 2.23 bits per heavy atom. The molecule has 1 aromatic carbocycles. The fourth-order valence-electron chi connectivity index (χ4n) is 3.41. The zero-order valence-corrected chi connectivity index (χ0v) is 12.7. The van der Waals surface area contributed by atoms with Crippen LogP contribution in [0, 0.1) is 5.82 Å². The third-order valence-corrected chi connectivity index (χ3v) is 4.60. The van der Waals surface area contributed by atoms with E-state index in [0.717, 1.165) is 42.5 Å². The number of H-pyrrole nitrogens is 1. The number of aromatic amines is 1. The Kier molecular flexibility index (Phi) is 4.27. The highest BCUT2D eigenvalue weighted by molar-refractivity contribution is 5.85. The maximum Gasteiger partial charge on any atom is 0.256 e. The van der Waals surface area contributed by atoms with Crippen LogP contribution in [0.3, 0.4) is 0 Å². The molecule has 5 heteroatoms. The van der Waals surface area contributed by atoms with Crippen molar-refractivity contribution in [1.29, 1.82) is 0 Å². The number of fused-ring (bicyclic) bond motifs is 1. The molecule has 1 fully saturated rings. The summed E-state index contributed by atoms with van der Waals surface area (Å²) in [7, 11) is 0. The van der Waals surface area contributed by atoms with E-state index in [1.807, 2.05) is 6.92 Å². The number of rotatable bonds is 4. The molecule has 1 aliphatic heterocycles. The fraction of sp³-hybridized carbons (Fsp3) is 0.471. The van der Waals surface area contributed by atoms with Crippen molar-refractivity contribution >= 4 is 10.8 Å². The Labute approximate surface area is 128 Å². The minimum Gasteiger partial charge on any atom is -0.395 e. The summed E-state index contributed by atoms with van der Waals surface area (Å²) < 4.78 is 13.5. The van der Waals surface area contributed by atoms with Crippen LogP contribution in [0.25, 0.3) is 10.8 Å². The number of halogens is 1. The average molecular weight is 304 g/mol. The van der Waals surface area contributed by atoms with Crippen LogP contribution in [0.1, 0.15) is 31.0 Å². The quantitative estimate of drug-likeness (QED) is 0.910. The van der Waals surface area contributed by atoms with Gasteiger partial charge in [-0.3, -0.25) is 9.69 Å². The van der Waals surface area contributed by atoms with Crippen LogP contribution in [-0.2, 0) is 13.0 Å². The van der Waals surface area contributed by atoms with Crippen molar-refractivity contribution in [2.75, 3.05) is 13.2 Å². The van der Waals surface area contributed by atoms with E-state index in [4.69, 9.17) is 0 Å². The SMILES string of the molecule is CCc1[nH]c(=O)c2cc(F)ccc2c1CN1CCC[C@@H]1CO. The standard InChI is InChI=1S/C17H21FN2O2/c1-2-16-15(9-20-7-3-4-12(20)10-21)13-6-5-11(18)8-14(13)17(22)19-16/h5-6,8,12,21H,2-4,7,9-10H2,1H3,(H,19,22)/t12-/m1/s1. The molecule has 4 nitrogen and oxygen atoms in total. The third kappa shape index (κ3) is 2.66. The molecule has 1 aliphatic rings. The number of aromatic nitrogens is 1. The van der Waals surface area contributed by atoms with E-state index in [2.05, 4.69) is 9.88 Å². The molecule has 3 rings (SSSR count). The van der Waals surface area contributed by atoms with Gasteiger partial charge in [-0.25, -0.2) is 4.39 Å². The molecule has 0 unspecified atom stereocenters. The zero-order chi connectivity index (χ0) is 15.7. The lowest BCUT2D eigenvalue weighted by molar-refractivity contribution is 0.153. The Balaban J connectivity index is 2.10. The summed E-state index contributed by atoms with van der Waals surface area (Å²) in [6.07, 6.45) is 2.78. The number of aliphatic hydroxyl groups excluding tert-OH is 1. The summed E-state index contributed by atoms with van der Waals surface area (Å²) in [5, 5.41) is 10.7. The summed E-state index contributed by atoms with van der Waals surface area (Å²) in [5.74, 6) is -0.400. The Hall–Kier alpha value is -1.72. The smallest absolute Gasteiger partial charge is 0.256 e. The van der Waals surface area contributed by atoms with Gasteiger partial charge in [-0.05, 0) is 48.9 Å². The van der Waals surface area contributed by atoms with E-state index in [-0.39, 0.29) is 18.2 Å². The van der Waals surface area contributed by atoms with Crippen LogP contribution in [0.4, 0.5) is 4.39 Å². The van der Waals surface area contributed by atoms with Crippen molar-refractivity contribution in [1.82, 2.24) is 9.88 Å². The normalized spacial score (nSPS) is 19.1. The number of aryl methyl sites for hydroxylation is 1. The number of hydrogen-bond acceptors (Lipinski definition) is 3. The molecule has 2 N–H and O–H groups in total. The second-order valence-electron chi connectivity index (χ2n) is 5.90. The van der Waals surface area contributed by atoms with Crippen LogP contribution >= 0.6 is 0 Å². The van der Waals surface area contributed by atoms with E-state index >= 15 is 0 Å². The molecule has 0 aliphatic carbocycles. The predicted octanol–water partition coefficient (Wildman–Crippen LogP) is 2.19. The third-order valence-electron chi connectivity index (χ3n) is 4.60. The lowest BCUT2D eigenvalue weighted by Crippen LogP contribution is -2.32. The molecular weight excluding hydrogens is 283 g/mol. The first-order chi connectivity index (χ1) is 10.6. The summed E-state index contributed by atoms with van der Waals surface area (Å²) in [5.41, 5.74) is 1.69. The van der Waals surface area contributed by atoms with E-state index in [0.29, 0.717) is 11.9 Å². The van der Waals surface area contributed by atoms with Crippen molar-refractivity contribution in [3.05, 3.63) is 45.6 Å². The number of aliphatic hydroxyl groups is 1. The van der Waals surface area contributed by atoms with Gasteiger partial charge in [0.2, 0.25) is 0 Å². The first kappa shape index (κ1) is 15.2. The predicted molar refractivity (Wildman–Crippen MR) is 84.4 cm³/mol. The number of nitrogens with one attached hydrogen (secondary N) is 1. The molecule has 118 valence electrons. The van der Waals surface area contributed by atoms with Crippen LogP contribution in [0.2, 0.25) is 0 Å². The summed E-state index contributed by atoms with van der Waals surface area (Å²) in [4.78, 5) is 17.3. The molecule has 22 heavy (non-hydrogen) atoms. The van der Waals surface area contributed by atoms with Gasteiger partial charge in [-0.2, -0.15) is 0 Å². The Morgan fingerprint density at radius 3 is 2.95 bits per heavy atom. The number of pyridine rings is 1. The molecule has 1 aromatic heterocycles. The van der Waals surface area contributed by atoms with Gasteiger partial charge in [0.25, 0.3) is 5.56 Å². The van der Waals surface area contributed by atoms with E-state index in [1.165, 1.54) is 12.1 Å². The summed E-state index contributed by atoms with van der Waals surface area (Å²) in [6, 6.07) is 4.56. The van der Waals surface area contributed by atoms with Gasteiger partial charge in [0.1, 0.15) is 5.82 Å². The Morgan fingerprint density at radius 1 is 1.41 bits per heavy atom. The zero-order valence-electron chi connectivity index (χ0n) is 12.7. The highest BCUT2D eigenvalue weighted by Crippen LogP contribution is 2.25. The molecule has 0 amide bonds. The molecule has 0 saturated carbocycles. The second-order valence-corrected chi connectivity index (χ2v) is 5.90. The van der Waals surface area contributed by atoms with Crippen LogP contribution in [0.5, 0.6) is 0 Å². The van der Waals surface area contributed by atoms with Gasteiger partial charge in [0.15, 0.2) is 0 Å². The highest BCUT2D eigenvalue weighted by atomic mass is 19.1. The second kappa shape index (κ2) is 6.18. The molecule has 0 bridgehead atoms. The van der Waals surface area contributed by atoms with Gasteiger partial charge < -0.3 is 10.1 Å². The first-order valence-corrected chi connectivity index (χ1v) is 7.82. The van der Waals surface area contributed by atoms with Crippen molar-refractivity contribution < 1.29 is 9.50 Å². The lowest BCUT2D eigenvalue weighted by Gasteiger charge is -2.24. The Bertz CT molecular complexity index is 741. The first-order valence-electron chi connectivity index (χ1n) is 7.82. The van der Waals surface area contributed by atoms with E-state index in [1.54, 1.807) is 6.07 Å². The monoisotopic (exact) mass is 304 g/mol. The molecule has 1 saturated heterocycles. The van der Waals surface area contributed by atoms with Gasteiger partial charge in [0.05, 0.1) is 12.0 Å². The van der Waals surface area contributed by atoms with Crippen LogP contribution < -0.4 is 5.56 Å².